The standard InChI is InChI=1S/C25H26N4O3S2/c1-2-31-20-10-12-21(13-11-20)32-15-14-26-24(30)18-34-25-28-27-23(17-22-9-6-16-33-22)29(25)19-7-4-3-5-8-19/h3-13,16H,2,14-15,17-18H2,1H3,(H,26,30). The molecule has 4 aromatic rings. The van der Waals surface area contributed by atoms with Crippen molar-refractivity contribution in [3.63, 3.8) is 0 Å². The summed E-state index contributed by atoms with van der Waals surface area (Å²) in [5.74, 6) is 2.55. The zero-order chi connectivity index (χ0) is 23.6. The minimum atomic E-state index is -0.0808. The summed E-state index contributed by atoms with van der Waals surface area (Å²) >= 11 is 3.06. The second-order valence-corrected chi connectivity index (χ2v) is 9.19. The van der Waals surface area contributed by atoms with Gasteiger partial charge in [-0.3, -0.25) is 9.36 Å². The number of nitrogens with one attached hydrogen (secondary N) is 1. The molecular formula is C25H26N4O3S2. The molecule has 0 saturated heterocycles. The highest BCUT2D eigenvalue weighted by Gasteiger charge is 2.16. The summed E-state index contributed by atoms with van der Waals surface area (Å²) in [7, 11) is 0. The van der Waals surface area contributed by atoms with Crippen molar-refractivity contribution < 1.29 is 14.3 Å². The Kier molecular flexibility index (Phi) is 8.59. The van der Waals surface area contributed by atoms with Crippen LogP contribution in [0.3, 0.4) is 0 Å². The lowest BCUT2D eigenvalue weighted by Gasteiger charge is -2.10. The first kappa shape index (κ1) is 23.8. The molecule has 4 rings (SSSR count). The lowest BCUT2D eigenvalue weighted by Crippen LogP contribution is -2.29. The molecule has 34 heavy (non-hydrogen) atoms. The molecule has 0 bridgehead atoms. The van der Waals surface area contributed by atoms with Crippen LogP contribution in [0.5, 0.6) is 11.5 Å². The zero-order valence-corrected chi connectivity index (χ0v) is 20.5. The SMILES string of the molecule is CCOc1ccc(OCCNC(=O)CSc2nnc(Cc3cccs3)n2-c2ccccc2)cc1. The second-order valence-electron chi connectivity index (χ2n) is 7.22. The monoisotopic (exact) mass is 494 g/mol. The first-order chi connectivity index (χ1) is 16.7. The third kappa shape index (κ3) is 6.61. The molecule has 0 atom stereocenters. The number of hydrogen-bond acceptors (Lipinski definition) is 7. The normalized spacial score (nSPS) is 10.7. The number of benzene rings is 2. The van der Waals surface area contributed by atoms with Crippen LogP contribution in [-0.2, 0) is 11.2 Å². The van der Waals surface area contributed by atoms with E-state index in [1.807, 2.05) is 72.2 Å². The average molecular weight is 495 g/mol. The van der Waals surface area contributed by atoms with Crippen LogP contribution in [0.25, 0.3) is 5.69 Å². The molecule has 0 aliphatic rings. The maximum absolute atomic E-state index is 12.4. The smallest absolute Gasteiger partial charge is 0.230 e. The Morgan fingerprint density at radius 2 is 1.76 bits per heavy atom. The molecule has 0 saturated carbocycles. The van der Waals surface area contributed by atoms with Crippen LogP contribution < -0.4 is 14.8 Å². The van der Waals surface area contributed by atoms with Crippen LogP contribution in [0.15, 0.2) is 77.3 Å². The Bertz CT molecular complexity index is 1160. The van der Waals surface area contributed by atoms with Gasteiger partial charge in [0, 0.05) is 17.0 Å². The van der Waals surface area contributed by atoms with E-state index >= 15 is 0 Å². The summed E-state index contributed by atoms with van der Waals surface area (Å²) < 4.78 is 13.1. The molecule has 0 aliphatic carbocycles. The van der Waals surface area contributed by atoms with Crippen LogP contribution >= 0.6 is 23.1 Å². The number of thiophene rings is 1. The lowest BCUT2D eigenvalue weighted by atomic mass is 10.3. The fourth-order valence-electron chi connectivity index (χ4n) is 3.25. The van der Waals surface area contributed by atoms with Gasteiger partial charge in [-0.2, -0.15) is 0 Å². The molecule has 9 heteroatoms. The zero-order valence-electron chi connectivity index (χ0n) is 18.8. The van der Waals surface area contributed by atoms with Gasteiger partial charge in [-0.25, -0.2) is 0 Å². The quantitative estimate of drug-likeness (QED) is 0.229. The van der Waals surface area contributed by atoms with Gasteiger partial charge in [0.05, 0.1) is 18.9 Å². The van der Waals surface area contributed by atoms with Crippen molar-refractivity contribution in [1.82, 2.24) is 20.1 Å². The molecule has 2 aromatic heterocycles. The van der Waals surface area contributed by atoms with Crippen LogP contribution in [-0.4, -0.2) is 46.2 Å². The van der Waals surface area contributed by atoms with Gasteiger partial charge in [0.15, 0.2) is 5.16 Å². The number of ether oxygens (including phenoxy) is 2. The number of carbonyl (C=O) groups is 1. The van der Waals surface area contributed by atoms with Crippen LogP contribution in [0.2, 0.25) is 0 Å². The second kappa shape index (κ2) is 12.2. The predicted molar refractivity (Wildman–Crippen MR) is 135 cm³/mol. The molecule has 0 spiro atoms. The topological polar surface area (TPSA) is 78.3 Å². The molecule has 1 N–H and O–H groups in total. The predicted octanol–water partition coefficient (Wildman–Crippen LogP) is 4.61. The van der Waals surface area contributed by atoms with E-state index in [2.05, 4.69) is 27.0 Å². The first-order valence-electron chi connectivity index (χ1n) is 11.0. The van der Waals surface area contributed by atoms with Gasteiger partial charge in [0.25, 0.3) is 0 Å². The third-order valence-corrected chi connectivity index (χ3v) is 6.59. The molecule has 0 fully saturated rings. The number of para-hydroxylation sites is 1. The highest BCUT2D eigenvalue weighted by atomic mass is 32.2. The summed E-state index contributed by atoms with van der Waals surface area (Å²) in [4.78, 5) is 13.6. The van der Waals surface area contributed by atoms with Gasteiger partial charge in [-0.15, -0.1) is 21.5 Å². The third-order valence-electron chi connectivity index (χ3n) is 4.79. The number of rotatable bonds is 12. The van der Waals surface area contributed by atoms with Gasteiger partial charge < -0.3 is 14.8 Å². The van der Waals surface area contributed by atoms with E-state index in [1.54, 1.807) is 11.3 Å². The van der Waals surface area contributed by atoms with Crippen LogP contribution in [0.1, 0.15) is 17.6 Å². The summed E-state index contributed by atoms with van der Waals surface area (Å²) in [6, 6.07) is 21.5. The molecule has 0 radical (unpaired) electrons. The number of hydrogen-bond donors (Lipinski definition) is 1. The van der Waals surface area contributed by atoms with Crippen molar-refractivity contribution in [2.75, 3.05) is 25.5 Å². The first-order valence-corrected chi connectivity index (χ1v) is 12.9. The van der Waals surface area contributed by atoms with Crippen molar-refractivity contribution in [2.45, 2.75) is 18.5 Å². The van der Waals surface area contributed by atoms with E-state index in [9.17, 15) is 4.79 Å². The van der Waals surface area contributed by atoms with E-state index < -0.39 is 0 Å². The van der Waals surface area contributed by atoms with Crippen molar-refractivity contribution in [3.8, 4) is 17.2 Å². The van der Waals surface area contributed by atoms with Crippen molar-refractivity contribution >= 4 is 29.0 Å². The summed E-state index contributed by atoms with van der Waals surface area (Å²) in [6.45, 7) is 3.37. The molecule has 0 unspecified atom stereocenters. The number of aromatic nitrogens is 3. The number of carbonyl (C=O) groups excluding carboxylic acids is 1. The average Bonchev–Trinajstić information content (AvgIpc) is 3.52. The van der Waals surface area contributed by atoms with Crippen LogP contribution in [0.4, 0.5) is 0 Å². The summed E-state index contributed by atoms with van der Waals surface area (Å²) in [5, 5.41) is 14.4. The van der Waals surface area contributed by atoms with Gasteiger partial charge in [-0.1, -0.05) is 36.0 Å². The van der Waals surface area contributed by atoms with Gasteiger partial charge in [0.1, 0.15) is 23.9 Å². The van der Waals surface area contributed by atoms with Crippen LogP contribution in [0, 0.1) is 0 Å². The Morgan fingerprint density at radius 1 is 1.00 bits per heavy atom. The summed E-state index contributed by atoms with van der Waals surface area (Å²) in [5.41, 5.74) is 0.978. The van der Waals surface area contributed by atoms with Gasteiger partial charge in [0.2, 0.25) is 5.91 Å². The molecule has 7 nitrogen and oxygen atoms in total. The number of thioether (sulfide) groups is 1. The maximum Gasteiger partial charge on any atom is 0.230 e. The molecule has 2 heterocycles. The molecular weight excluding hydrogens is 468 g/mol. The van der Waals surface area contributed by atoms with Crippen molar-refractivity contribution in [3.05, 3.63) is 82.8 Å². The van der Waals surface area contributed by atoms with E-state index in [4.69, 9.17) is 9.47 Å². The Hall–Kier alpha value is -3.30. The number of amides is 1. The highest BCUT2D eigenvalue weighted by Crippen LogP contribution is 2.24. The highest BCUT2D eigenvalue weighted by molar-refractivity contribution is 7.99. The van der Waals surface area contributed by atoms with E-state index in [1.165, 1.54) is 16.6 Å². The summed E-state index contributed by atoms with van der Waals surface area (Å²) in [6.07, 6.45) is 0.690. The fourth-order valence-corrected chi connectivity index (χ4v) is 4.76. The van der Waals surface area contributed by atoms with Crippen molar-refractivity contribution in [2.24, 2.45) is 0 Å². The van der Waals surface area contributed by atoms with Gasteiger partial charge in [-0.05, 0) is 54.8 Å². The van der Waals surface area contributed by atoms with E-state index in [0.717, 1.165) is 23.0 Å². The Balaban J connectivity index is 1.29. The van der Waals surface area contributed by atoms with Gasteiger partial charge >= 0.3 is 0 Å². The minimum Gasteiger partial charge on any atom is -0.494 e. The van der Waals surface area contributed by atoms with Crippen molar-refractivity contribution in [1.29, 1.82) is 0 Å². The molecule has 0 aliphatic heterocycles. The largest absolute Gasteiger partial charge is 0.494 e. The lowest BCUT2D eigenvalue weighted by molar-refractivity contribution is -0.118. The maximum atomic E-state index is 12.4. The molecule has 2 aromatic carbocycles. The number of nitrogens with zero attached hydrogens (tertiary/aromatic N) is 3. The Morgan fingerprint density at radius 3 is 2.47 bits per heavy atom. The minimum absolute atomic E-state index is 0.0808. The molecule has 176 valence electrons. The molecule has 1 amide bonds. The van der Waals surface area contributed by atoms with E-state index in [0.29, 0.717) is 31.3 Å². The Labute approximate surface area is 207 Å². The fraction of sp³-hybridized carbons (Fsp3) is 0.240. The van der Waals surface area contributed by atoms with E-state index in [-0.39, 0.29) is 11.7 Å².